The smallest absolute Gasteiger partial charge is 0.246 e. The molecular weight excluding hydrogens is 418 g/mol. The summed E-state index contributed by atoms with van der Waals surface area (Å²) >= 11 is 5.36. The van der Waals surface area contributed by atoms with Gasteiger partial charge in [-0.3, -0.25) is 4.79 Å². The SMILES string of the molecule is Cc1ccccc1[C@H]1CN(C(=O)/C=C/c2ccccc2)Cc2sc(Br)cc21. The molecule has 1 aliphatic rings. The molecule has 0 saturated heterocycles. The van der Waals surface area contributed by atoms with Crippen LogP contribution < -0.4 is 0 Å². The van der Waals surface area contributed by atoms with Gasteiger partial charge in [-0.15, -0.1) is 11.3 Å². The molecule has 0 bridgehead atoms. The lowest BCUT2D eigenvalue weighted by Crippen LogP contribution is -2.37. The van der Waals surface area contributed by atoms with Crippen LogP contribution in [-0.4, -0.2) is 17.4 Å². The molecule has 2 nitrogen and oxygen atoms in total. The minimum atomic E-state index is 0.0626. The Balaban J connectivity index is 1.63. The molecule has 3 aromatic rings. The lowest BCUT2D eigenvalue weighted by atomic mass is 9.86. The molecule has 27 heavy (non-hydrogen) atoms. The second kappa shape index (κ2) is 7.83. The van der Waals surface area contributed by atoms with Gasteiger partial charge in [0.1, 0.15) is 0 Å². The number of carbonyl (C=O) groups excluding carboxylic acids is 1. The third-order valence-electron chi connectivity index (χ3n) is 5.02. The standard InChI is InChI=1S/C23H20BrNOS/c1-16-7-5-6-10-18(16)20-14-25(15-21-19(20)13-22(24)27-21)23(26)12-11-17-8-3-2-4-9-17/h2-13,20H,14-15H2,1H3/b12-11+/t20-/m1/s1. The maximum absolute atomic E-state index is 12.9. The van der Waals surface area contributed by atoms with E-state index < -0.39 is 0 Å². The molecule has 0 N–H and O–H groups in total. The Hall–Kier alpha value is -2.17. The molecule has 0 radical (unpaired) electrons. The number of amides is 1. The summed E-state index contributed by atoms with van der Waals surface area (Å²) in [6.45, 7) is 3.53. The zero-order chi connectivity index (χ0) is 18.8. The minimum Gasteiger partial charge on any atom is -0.333 e. The lowest BCUT2D eigenvalue weighted by molar-refractivity contribution is -0.127. The number of benzene rings is 2. The van der Waals surface area contributed by atoms with Gasteiger partial charge in [0.15, 0.2) is 0 Å². The van der Waals surface area contributed by atoms with Crippen LogP contribution in [0.3, 0.4) is 0 Å². The van der Waals surface area contributed by atoms with Crippen molar-refractivity contribution in [3.8, 4) is 0 Å². The van der Waals surface area contributed by atoms with Gasteiger partial charge in [0.2, 0.25) is 5.91 Å². The molecule has 136 valence electrons. The van der Waals surface area contributed by atoms with E-state index in [2.05, 4.69) is 53.2 Å². The van der Waals surface area contributed by atoms with Gasteiger partial charge < -0.3 is 4.90 Å². The first-order valence-electron chi connectivity index (χ1n) is 8.97. The van der Waals surface area contributed by atoms with E-state index in [1.807, 2.05) is 41.3 Å². The van der Waals surface area contributed by atoms with Crippen molar-refractivity contribution in [3.05, 3.63) is 97.7 Å². The van der Waals surface area contributed by atoms with Crippen molar-refractivity contribution in [2.75, 3.05) is 6.54 Å². The second-order valence-corrected chi connectivity index (χ2v) is 9.32. The van der Waals surface area contributed by atoms with Gasteiger partial charge in [0.25, 0.3) is 0 Å². The van der Waals surface area contributed by atoms with E-state index in [4.69, 9.17) is 0 Å². The van der Waals surface area contributed by atoms with Gasteiger partial charge in [-0.2, -0.15) is 0 Å². The zero-order valence-corrected chi connectivity index (χ0v) is 17.5. The van der Waals surface area contributed by atoms with Crippen LogP contribution in [0.1, 0.15) is 33.0 Å². The summed E-state index contributed by atoms with van der Waals surface area (Å²) in [6, 6.07) is 20.6. The molecule has 2 heterocycles. The maximum atomic E-state index is 12.9. The van der Waals surface area contributed by atoms with Crippen molar-refractivity contribution in [3.63, 3.8) is 0 Å². The van der Waals surface area contributed by atoms with E-state index in [0.29, 0.717) is 13.1 Å². The summed E-state index contributed by atoms with van der Waals surface area (Å²) in [5.41, 5.74) is 4.95. The summed E-state index contributed by atoms with van der Waals surface area (Å²) in [5, 5.41) is 0. The maximum Gasteiger partial charge on any atom is 0.246 e. The van der Waals surface area contributed by atoms with E-state index >= 15 is 0 Å². The van der Waals surface area contributed by atoms with Crippen LogP contribution in [0.15, 0.2) is 70.5 Å². The van der Waals surface area contributed by atoms with Crippen LogP contribution >= 0.6 is 27.3 Å². The molecule has 4 heteroatoms. The molecule has 0 aliphatic carbocycles. The van der Waals surface area contributed by atoms with E-state index in [-0.39, 0.29) is 11.8 Å². The number of hydrogen-bond acceptors (Lipinski definition) is 2. The summed E-state index contributed by atoms with van der Waals surface area (Å²) in [5.74, 6) is 0.277. The van der Waals surface area contributed by atoms with Crippen LogP contribution in [0, 0.1) is 6.92 Å². The quantitative estimate of drug-likeness (QED) is 0.459. The number of hydrogen-bond donors (Lipinski definition) is 0. The first-order valence-corrected chi connectivity index (χ1v) is 10.6. The fourth-order valence-corrected chi connectivity index (χ4v) is 5.43. The molecule has 0 spiro atoms. The van der Waals surface area contributed by atoms with Crippen LogP contribution in [0.4, 0.5) is 0 Å². The summed E-state index contributed by atoms with van der Waals surface area (Å²) < 4.78 is 1.13. The van der Waals surface area contributed by atoms with Gasteiger partial charge in [-0.05, 0) is 57.2 Å². The number of nitrogens with zero attached hydrogens (tertiary/aromatic N) is 1. The van der Waals surface area contributed by atoms with Crippen LogP contribution in [0.5, 0.6) is 0 Å². The Morgan fingerprint density at radius 2 is 1.85 bits per heavy atom. The molecular formula is C23H20BrNOS. The molecule has 2 aromatic carbocycles. The Morgan fingerprint density at radius 1 is 1.11 bits per heavy atom. The Kier molecular flexibility index (Phi) is 5.28. The third-order valence-corrected chi connectivity index (χ3v) is 6.66. The van der Waals surface area contributed by atoms with Gasteiger partial charge in [-0.25, -0.2) is 0 Å². The minimum absolute atomic E-state index is 0.0626. The van der Waals surface area contributed by atoms with Crippen LogP contribution in [-0.2, 0) is 11.3 Å². The second-order valence-electron chi connectivity index (χ2n) is 6.80. The molecule has 1 aliphatic heterocycles. The molecule has 4 rings (SSSR count). The predicted molar refractivity (Wildman–Crippen MR) is 116 cm³/mol. The topological polar surface area (TPSA) is 20.3 Å². The average molecular weight is 438 g/mol. The number of rotatable bonds is 3. The molecule has 0 unspecified atom stereocenters. The largest absolute Gasteiger partial charge is 0.333 e. The first kappa shape index (κ1) is 18.2. The van der Waals surface area contributed by atoms with Gasteiger partial charge in [0.05, 0.1) is 10.3 Å². The first-order chi connectivity index (χ1) is 13.1. The van der Waals surface area contributed by atoms with E-state index in [0.717, 1.165) is 9.35 Å². The van der Waals surface area contributed by atoms with Crippen molar-refractivity contribution < 1.29 is 4.79 Å². The number of carbonyl (C=O) groups is 1. The summed E-state index contributed by atoms with van der Waals surface area (Å²) in [7, 11) is 0. The lowest BCUT2D eigenvalue weighted by Gasteiger charge is -2.33. The highest BCUT2D eigenvalue weighted by Gasteiger charge is 2.30. The number of halogens is 1. The van der Waals surface area contributed by atoms with E-state index in [9.17, 15) is 4.79 Å². The highest BCUT2D eigenvalue weighted by atomic mass is 79.9. The zero-order valence-electron chi connectivity index (χ0n) is 15.1. The highest BCUT2D eigenvalue weighted by molar-refractivity contribution is 9.11. The van der Waals surface area contributed by atoms with Crippen molar-refractivity contribution in [2.24, 2.45) is 0 Å². The van der Waals surface area contributed by atoms with E-state index in [1.54, 1.807) is 17.4 Å². The summed E-state index contributed by atoms with van der Waals surface area (Å²) in [4.78, 5) is 16.1. The van der Waals surface area contributed by atoms with Crippen molar-refractivity contribution in [1.29, 1.82) is 0 Å². The fourth-order valence-electron chi connectivity index (χ4n) is 3.63. The van der Waals surface area contributed by atoms with Crippen molar-refractivity contribution >= 4 is 39.2 Å². The Bertz CT molecular complexity index is 993. The number of fused-ring (bicyclic) bond motifs is 1. The van der Waals surface area contributed by atoms with Gasteiger partial charge >= 0.3 is 0 Å². The van der Waals surface area contributed by atoms with Crippen LogP contribution in [0.2, 0.25) is 0 Å². The van der Waals surface area contributed by atoms with Crippen LogP contribution in [0.25, 0.3) is 6.08 Å². The predicted octanol–water partition coefficient (Wildman–Crippen LogP) is 6.01. The third kappa shape index (κ3) is 3.92. The Labute approximate surface area is 172 Å². The number of aryl methyl sites for hydroxylation is 1. The normalized spacial score (nSPS) is 16.5. The molecule has 0 saturated carbocycles. The Morgan fingerprint density at radius 3 is 2.63 bits per heavy atom. The molecule has 1 atom stereocenters. The van der Waals surface area contributed by atoms with Crippen molar-refractivity contribution in [1.82, 2.24) is 4.90 Å². The molecule has 1 aromatic heterocycles. The average Bonchev–Trinajstić information content (AvgIpc) is 3.07. The summed E-state index contributed by atoms with van der Waals surface area (Å²) in [6.07, 6.45) is 3.59. The highest BCUT2D eigenvalue weighted by Crippen LogP contribution is 2.41. The molecule has 1 amide bonds. The van der Waals surface area contributed by atoms with Gasteiger partial charge in [-0.1, -0.05) is 54.6 Å². The van der Waals surface area contributed by atoms with Gasteiger partial charge in [0, 0.05) is 23.4 Å². The van der Waals surface area contributed by atoms with Crippen molar-refractivity contribution in [2.45, 2.75) is 19.4 Å². The number of thiophene rings is 1. The fraction of sp³-hybridized carbons (Fsp3) is 0.174. The van der Waals surface area contributed by atoms with E-state index in [1.165, 1.54) is 21.6 Å². The molecule has 0 fully saturated rings. The monoisotopic (exact) mass is 437 g/mol.